The van der Waals surface area contributed by atoms with Gasteiger partial charge in [0.05, 0.1) is 0 Å². The van der Waals surface area contributed by atoms with E-state index < -0.39 is 0 Å². The molecule has 0 aromatic heterocycles. The molecular formula is C18H23N. The molecule has 2 N–H and O–H groups in total. The van der Waals surface area contributed by atoms with Crippen molar-refractivity contribution in [2.24, 2.45) is 5.73 Å². The smallest absolute Gasteiger partial charge is 0.0301 e. The predicted octanol–water partition coefficient (Wildman–Crippen LogP) is 4.52. The van der Waals surface area contributed by atoms with Crippen molar-refractivity contribution in [3.63, 3.8) is 0 Å². The fourth-order valence-electron chi connectivity index (χ4n) is 3.36. The number of unbranched alkanes of at least 4 members (excludes halogenated alkanes) is 2. The Morgan fingerprint density at radius 2 is 1.84 bits per heavy atom. The third-order valence-corrected chi connectivity index (χ3v) is 4.43. The number of rotatable bonds is 5. The van der Waals surface area contributed by atoms with Crippen LogP contribution in [0, 0.1) is 0 Å². The van der Waals surface area contributed by atoms with Crippen molar-refractivity contribution in [1.82, 2.24) is 0 Å². The lowest BCUT2D eigenvalue weighted by atomic mass is 9.93. The molecule has 0 amide bonds. The maximum atomic E-state index is 6.42. The first-order valence-corrected chi connectivity index (χ1v) is 7.60. The molecule has 3 rings (SSSR count). The van der Waals surface area contributed by atoms with Crippen LogP contribution in [0.2, 0.25) is 0 Å². The zero-order valence-corrected chi connectivity index (χ0v) is 11.8. The van der Waals surface area contributed by atoms with Crippen LogP contribution in [-0.2, 0) is 12.8 Å². The molecule has 0 saturated carbocycles. The Balaban J connectivity index is 1.96. The van der Waals surface area contributed by atoms with Crippen molar-refractivity contribution in [3.8, 4) is 0 Å². The molecule has 1 aliphatic rings. The number of hydrogen-bond donors (Lipinski definition) is 1. The van der Waals surface area contributed by atoms with Crippen LogP contribution < -0.4 is 5.73 Å². The summed E-state index contributed by atoms with van der Waals surface area (Å²) in [5, 5.41) is 2.89. The minimum Gasteiger partial charge on any atom is -0.324 e. The molecule has 19 heavy (non-hydrogen) atoms. The van der Waals surface area contributed by atoms with Gasteiger partial charge in [0.15, 0.2) is 0 Å². The van der Waals surface area contributed by atoms with Gasteiger partial charge in [0, 0.05) is 6.04 Å². The maximum Gasteiger partial charge on any atom is 0.0301 e. The van der Waals surface area contributed by atoms with Crippen LogP contribution in [-0.4, -0.2) is 0 Å². The van der Waals surface area contributed by atoms with Gasteiger partial charge in [-0.2, -0.15) is 0 Å². The van der Waals surface area contributed by atoms with Crippen LogP contribution in [0.25, 0.3) is 10.8 Å². The monoisotopic (exact) mass is 253 g/mol. The summed E-state index contributed by atoms with van der Waals surface area (Å²) < 4.78 is 0. The van der Waals surface area contributed by atoms with Gasteiger partial charge in [0.25, 0.3) is 0 Å². The van der Waals surface area contributed by atoms with Crippen LogP contribution in [0.5, 0.6) is 0 Å². The second-order valence-corrected chi connectivity index (χ2v) is 5.76. The van der Waals surface area contributed by atoms with Gasteiger partial charge in [-0.05, 0) is 46.7 Å². The van der Waals surface area contributed by atoms with E-state index in [1.165, 1.54) is 59.6 Å². The standard InChI is InChI=1S/C18H23N/c1-2-3-4-8-17(19)15-12-11-14-10-9-13-6-5-7-16(15)18(13)14/h5-7,11-12,17H,2-4,8-10,19H2,1H3. The summed E-state index contributed by atoms with van der Waals surface area (Å²) in [6, 6.07) is 11.5. The average molecular weight is 253 g/mol. The molecule has 0 radical (unpaired) electrons. The molecule has 1 unspecified atom stereocenters. The second-order valence-electron chi connectivity index (χ2n) is 5.76. The Kier molecular flexibility index (Phi) is 3.56. The molecule has 0 bridgehead atoms. The Labute approximate surface area is 115 Å². The highest BCUT2D eigenvalue weighted by Crippen LogP contribution is 2.35. The van der Waals surface area contributed by atoms with Crippen LogP contribution in [0.15, 0.2) is 30.3 Å². The number of aryl methyl sites for hydroxylation is 2. The van der Waals surface area contributed by atoms with Gasteiger partial charge in [0.2, 0.25) is 0 Å². The zero-order valence-electron chi connectivity index (χ0n) is 11.8. The highest BCUT2D eigenvalue weighted by Gasteiger charge is 2.17. The third-order valence-electron chi connectivity index (χ3n) is 4.43. The minimum atomic E-state index is 0.191. The van der Waals surface area contributed by atoms with Crippen molar-refractivity contribution in [2.75, 3.05) is 0 Å². The van der Waals surface area contributed by atoms with Gasteiger partial charge in [0.1, 0.15) is 0 Å². The zero-order chi connectivity index (χ0) is 13.2. The SMILES string of the molecule is CCCCCC(N)c1ccc2c3c(cccc13)CC2. The molecule has 0 heterocycles. The Bertz CT molecular complexity index is 575. The van der Waals surface area contributed by atoms with E-state index in [0.29, 0.717) is 0 Å². The quantitative estimate of drug-likeness (QED) is 0.779. The summed E-state index contributed by atoms with van der Waals surface area (Å²) in [7, 11) is 0. The molecule has 1 nitrogen and oxygen atoms in total. The van der Waals surface area contributed by atoms with Crippen molar-refractivity contribution in [3.05, 3.63) is 47.0 Å². The number of nitrogens with two attached hydrogens (primary N) is 1. The van der Waals surface area contributed by atoms with E-state index in [2.05, 4.69) is 37.3 Å². The molecule has 1 aliphatic carbocycles. The topological polar surface area (TPSA) is 26.0 Å². The molecule has 0 spiro atoms. The van der Waals surface area contributed by atoms with E-state index in [0.717, 1.165) is 6.42 Å². The van der Waals surface area contributed by atoms with E-state index >= 15 is 0 Å². The highest BCUT2D eigenvalue weighted by molar-refractivity contribution is 5.93. The number of hydrogen-bond acceptors (Lipinski definition) is 1. The van der Waals surface area contributed by atoms with Gasteiger partial charge in [-0.25, -0.2) is 0 Å². The second kappa shape index (κ2) is 5.34. The maximum absolute atomic E-state index is 6.42. The highest BCUT2D eigenvalue weighted by atomic mass is 14.6. The van der Waals surface area contributed by atoms with Gasteiger partial charge >= 0.3 is 0 Å². The van der Waals surface area contributed by atoms with Crippen molar-refractivity contribution in [2.45, 2.75) is 51.5 Å². The summed E-state index contributed by atoms with van der Waals surface area (Å²) in [5.74, 6) is 0. The lowest BCUT2D eigenvalue weighted by Gasteiger charge is -2.15. The van der Waals surface area contributed by atoms with Crippen LogP contribution in [0.4, 0.5) is 0 Å². The first kappa shape index (κ1) is 12.7. The fourth-order valence-corrected chi connectivity index (χ4v) is 3.36. The fraction of sp³-hybridized carbons (Fsp3) is 0.444. The van der Waals surface area contributed by atoms with E-state index in [4.69, 9.17) is 5.73 Å². The summed E-state index contributed by atoms with van der Waals surface area (Å²) in [5.41, 5.74) is 10.8. The lowest BCUT2D eigenvalue weighted by molar-refractivity contribution is 0.584. The lowest BCUT2D eigenvalue weighted by Crippen LogP contribution is -2.10. The van der Waals surface area contributed by atoms with Crippen molar-refractivity contribution >= 4 is 10.8 Å². The Hall–Kier alpha value is -1.34. The average Bonchev–Trinajstić information content (AvgIpc) is 2.85. The molecule has 0 aliphatic heterocycles. The summed E-state index contributed by atoms with van der Waals surface area (Å²) in [4.78, 5) is 0. The Morgan fingerprint density at radius 1 is 1.05 bits per heavy atom. The molecular weight excluding hydrogens is 230 g/mol. The Morgan fingerprint density at radius 3 is 2.63 bits per heavy atom. The molecule has 2 aromatic rings. The van der Waals surface area contributed by atoms with E-state index in [-0.39, 0.29) is 6.04 Å². The third kappa shape index (κ3) is 2.28. The molecule has 2 aromatic carbocycles. The molecule has 100 valence electrons. The van der Waals surface area contributed by atoms with Crippen molar-refractivity contribution < 1.29 is 0 Å². The van der Waals surface area contributed by atoms with E-state index in [9.17, 15) is 0 Å². The van der Waals surface area contributed by atoms with Gasteiger partial charge < -0.3 is 5.73 Å². The van der Waals surface area contributed by atoms with E-state index in [1.54, 1.807) is 0 Å². The van der Waals surface area contributed by atoms with Gasteiger partial charge in [-0.1, -0.05) is 56.5 Å². The first-order chi connectivity index (χ1) is 9.31. The van der Waals surface area contributed by atoms with Crippen LogP contribution >= 0.6 is 0 Å². The number of benzene rings is 2. The first-order valence-electron chi connectivity index (χ1n) is 7.60. The van der Waals surface area contributed by atoms with E-state index in [1.807, 2.05) is 0 Å². The minimum absolute atomic E-state index is 0.191. The van der Waals surface area contributed by atoms with Crippen LogP contribution in [0.1, 0.15) is 55.3 Å². The molecule has 0 saturated heterocycles. The normalized spacial score (nSPS) is 15.1. The largest absolute Gasteiger partial charge is 0.324 e. The van der Waals surface area contributed by atoms with Gasteiger partial charge in [-0.3, -0.25) is 0 Å². The summed E-state index contributed by atoms with van der Waals surface area (Å²) >= 11 is 0. The van der Waals surface area contributed by atoms with Gasteiger partial charge in [-0.15, -0.1) is 0 Å². The summed E-state index contributed by atoms with van der Waals surface area (Å²) in [6.45, 7) is 2.24. The predicted molar refractivity (Wildman–Crippen MR) is 82.4 cm³/mol. The molecule has 0 fully saturated rings. The molecule has 1 atom stereocenters. The van der Waals surface area contributed by atoms with Crippen LogP contribution in [0.3, 0.4) is 0 Å². The van der Waals surface area contributed by atoms with Crippen molar-refractivity contribution in [1.29, 1.82) is 0 Å². The summed E-state index contributed by atoms with van der Waals surface area (Å²) in [6.07, 6.45) is 7.28. The molecule has 1 heteroatoms.